The molecule has 0 aromatic heterocycles. The molecule has 0 aliphatic carbocycles. The van der Waals surface area contributed by atoms with E-state index < -0.39 is 17.3 Å². The third-order valence-electron chi connectivity index (χ3n) is 2.63. The molecule has 0 fully saturated rings. The molecular formula is C12H14BrFN2O3. The molecule has 1 amide bonds. The van der Waals surface area contributed by atoms with E-state index in [0.29, 0.717) is 29.1 Å². The largest absolute Gasteiger partial charge is 0.488 e. The summed E-state index contributed by atoms with van der Waals surface area (Å²) >= 11 is 3.21. The van der Waals surface area contributed by atoms with Gasteiger partial charge in [-0.25, -0.2) is 4.39 Å². The van der Waals surface area contributed by atoms with E-state index in [-0.39, 0.29) is 5.69 Å². The molecule has 7 heteroatoms. The summed E-state index contributed by atoms with van der Waals surface area (Å²) in [6.07, 6.45) is 0. The third kappa shape index (κ3) is 2.82. The summed E-state index contributed by atoms with van der Waals surface area (Å²) in [5.41, 5.74) is -1.25. The van der Waals surface area contributed by atoms with Crippen molar-refractivity contribution >= 4 is 33.2 Å². The number of aliphatic hydroxyl groups is 1. The Balaban J connectivity index is 2.43. The van der Waals surface area contributed by atoms with Crippen molar-refractivity contribution in [2.75, 3.05) is 23.8 Å². The minimum atomic E-state index is -1.60. The highest BCUT2D eigenvalue weighted by molar-refractivity contribution is 9.10. The van der Waals surface area contributed by atoms with Crippen molar-refractivity contribution in [3.8, 4) is 5.75 Å². The molecule has 5 nitrogen and oxygen atoms in total. The van der Waals surface area contributed by atoms with E-state index in [2.05, 4.69) is 26.6 Å². The molecule has 1 heterocycles. The van der Waals surface area contributed by atoms with Crippen LogP contribution < -0.4 is 15.4 Å². The topological polar surface area (TPSA) is 70.6 Å². The van der Waals surface area contributed by atoms with Crippen LogP contribution >= 0.6 is 15.9 Å². The van der Waals surface area contributed by atoms with Crippen LogP contribution in [-0.4, -0.2) is 29.8 Å². The van der Waals surface area contributed by atoms with Gasteiger partial charge in [0.2, 0.25) is 0 Å². The van der Waals surface area contributed by atoms with Crippen LogP contribution in [0, 0.1) is 5.82 Å². The molecule has 0 saturated heterocycles. The molecule has 104 valence electrons. The summed E-state index contributed by atoms with van der Waals surface area (Å²) in [6.45, 7) is 3.62. The fourth-order valence-corrected chi connectivity index (χ4v) is 2.14. The average molecular weight is 333 g/mol. The summed E-state index contributed by atoms with van der Waals surface area (Å²) in [6, 6.07) is 1.21. The SMILES string of the molecule is CC(C)(O)C(=O)Nc1c(F)cc(Br)c2c1NCCO2. The standard InChI is InChI=1S/C12H14BrFN2O3/c1-12(2,18)11(17)16-8-7(14)5-6(13)10-9(8)15-3-4-19-10/h5,15,18H,3-4H2,1-2H3,(H,16,17). The van der Waals surface area contributed by atoms with Gasteiger partial charge in [0.1, 0.15) is 29.4 Å². The van der Waals surface area contributed by atoms with Gasteiger partial charge >= 0.3 is 0 Å². The van der Waals surface area contributed by atoms with Gasteiger partial charge < -0.3 is 20.5 Å². The Morgan fingerprint density at radius 2 is 2.32 bits per heavy atom. The summed E-state index contributed by atoms with van der Waals surface area (Å²) in [5, 5.41) is 15.0. The molecule has 1 aromatic rings. The highest BCUT2D eigenvalue weighted by atomic mass is 79.9. The lowest BCUT2D eigenvalue weighted by molar-refractivity contribution is -0.130. The molecule has 1 aromatic carbocycles. The maximum Gasteiger partial charge on any atom is 0.255 e. The number of benzene rings is 1. The van der Waals surface area contributed by atoms with E-state index in [1.165, 1.54) is 19.9 Å². The summed E-state index contributed by atoms with van der Waals surface area (Å²) in [4.78, 5) is 11.7. The molecule has 3 N–H and O–H groups in total. The van der Waals surface area contributed by atoms with Crippen molar-refractivity contribution in [3.63, 3.8) is 0 Å². The average Bonchev–Trinajstić information content (AvgIpc) is 2.33. The smallest absolute Gasteiger partial charge is 0.255 e. The van der Waals surface area contributed by atoms with Crippen molar-refractivity contribution in [3.05, 3.63) is 16.4 Å². The predicted octanol–water partition coefficient (Wildman–Crippen LogP) is 2.10. The number of fused-ring (bicyclic) bond motifs is 1. The lowest BCUT2D eigenvalue weighted by atomic mass is 10.1. The summed E-state index contributed by atoms with van der Waals surface area (Å²) < 4.78 is 19.9. The van der Waals surface area contributed by atoms with Crippen molar-refractivity contribution in [1.82, 2.24) is 0 Å². The van der Waals surface area contributed by atoms with Gasteiger partial charge in [0.25, 0.3) is 5.91 Å². The lowest BCUT2D eigenvalue weighted by Gasteiger charge is -2.25. The van der Waals surface area contributed by atoms with Crippen LogP contribution in [0.25, 0.3) is 0 Å². The zero-order valence-electron chi connectivity index (χ0n) is 10.5. The minimum absolute atomic E-state index is 0.0231. The quantitative estimate of drug-likeness (QED) is 0.775. The van der Waals surface area contributed by atoms with Crippen LogP contribution in [-0.2, 0) is 4.79 Å². The van der Waals surface area contributed by atoms with Gasteiger partial charge in [0.15, 0.2) is 5.75 Å². The Morgan fingerprint density at radius 3 is 2.95 bits per heavy atom. The highest BCUT2D eigenvalue weighted by Gasteiger charge is 2.28. The van der Waals surface area contributed by atoms with E-state index in [1.807, 2.05) is 0 Å². The van der Waals surface area contributed by atoms with E-state index in [1.54, 1.807) is 0 Å². The van der Waals surface area contributed by atoms with Crippen LogP contribution in [0.2, 0.25) is 0 Å². The number of nitrogens with one attached hydrogen (secondary N) is 2. The first-order valence-corrected chi connectivity index (χ1v) is 6.52. The first kappa shape index (κ1) is 14.1. The van der Waals surface area contributed by atoms with Crippen LogP contribution in [0.15, 0.2) is 10.5 Å². The molecule has 0 spiro atoms. The molecule has 1 aliphatic rings. The van der Waals surface area contributed by atoms with E-state index in [0.717, 1.165) is 0 Å². The molecule has 0 bridgehead atoms. The van der Waals surface area contributed by atoms with Gasteiger partial charge in [-0.15, -0.1) is 0 Å². The van der Waals surface area contributed by atoms with Crippen LogP contribution in [0.5, 0.6) is 5.75 Å². The Labute approximate surface area is 118 Å². The Morgan fingerprint density at radius 1 is 1.63 bits per heavy atom. The van der Waals surface area contributed by atoms with Crippen LogP contribution in [0.3, 0.4) is 0 Å². The van der Waals surface area contributed by atoms with Crippen LogP contribution in [0.4, 0.5) is 15.8 Å². The molecule has 0 atom stereocenters. The van der Waals surface area contributed by atoms with E-state index >= 15 is 0 Å². The second kappa shape index (κ2) is 4.97. The van der Waals surface area contributed by atoms with Gasteiger partial charge in [-0.3, -0.25) is 4.79 Å². The number of hydrogen-bond donors (Lipinski definition) is 3. The van der Waals surface area contributed by atoms with Gasteiger partial charge in [0, 0.05) is 6.54 Å². The second-order valence-electron chi connectivity index (χ2n) is 4.71. The van der Waals surface area contributed by atoms with Crippen molar-refractivity contribution in [1.29, 1.82) is 0 Å². The maximum absolute atomic E-state index is 14.0. The minimum Gasteiger partial charge on any atom is -0.488 e. The Kier molecular flexibility index (Phi) is 3.69. The number of carbonyl (C=O) groups is 1. The Bertz CT molecular complexity index is 529. The number of anilines is 2. The monoisotopic (exact) mass is 332 g/mol. The van der Waals surface area contributed by atoms with Gasteiger partial charge in [-0.2, -0.15) is 0 Å². The second-order valence-corrected chi connectivity index (χ2v) is 5.56. The van der Waals surface area contributed by atoms with Gasteiger partial charge in [-0.1, -0.05) is 0 Å². The number of carbonyl (C=O) groups excluding carboxylic acids is 1. The van der Waals surface area contributed by atoms with Crippen molar-refractivity contribution < 1.29 is 19.0 Å². The number of hydrogen-bond acceptors (Lipinski definition) is 4. The first-order valence-electron chi connectivity index (χ1n) is 5.73. The zero-order valence-corrected chi connectivity index (χ0v) is 12.1. The molecule has 19 heavy (non-hydrogen) atoms. The fourth-order valence-electron chi connectivity index (χ4n) is 1.63. The third-order valence-corrected chi connectivity index (χ3v) is 3.22. The Hall–Kier alpha value is -1.34. The molecule has 0 saturated carbocycles. The van der Waals surface area contributed by atoms with Gasteiger partial charge in [0.05, 0.1) is 4.47 Å². The van der Waals surface area contributed by atoms with Crippen molar-refractivity contribution in [2.24, 2.45) is 0 Å². The van der Waals surface area contributed by atoms with Crippen LogP contribution in [0.1, 0.15) is 13.8 Å². The predicted molar refractivity (Wildman–Crippen MR) is 73.0 cm³/mol. The number of halogens is 2. The molecule has 1 aliphatic heterocycles. The fraction of sp³-hybridized carbons (Fsp3) is 0.417. The number of rotatable bonds is 2. The van der Waals surface area contributed by atoms with Crippen molar-refractivity contribution in [2.45, 2.75) is 19.4 Å². The normalized spacial score (nSPS) is 14.2. The number of amides is 1. The maximum atomic E-state index is 14.0. The summed E-state index contributed by atoms with van der Waals surface area (Å²) in [7, 11) is 0. The van der Waals surface area contributed by atoms with Gasteiger partial charge in [-0.05, 0) is 35.8 Å². The molecule has 0 unspecified atom stereocenters. The highest BCUT2D eigenvalue weighted by Crippen LogP contribution is 2.42. The molecule has 2 rings (SSSR count). The molecule has 0 radical (unpaired) electrons. The number of ether oxygens (including phenoxy) is 1. The molecular weight excluding hydrogens is 319 g/mol. The summed E-state index contributed by atoms with van der Waals surface area (Å²) in [5.74, 6) is -0.858. The lowest BCUT2D eigenvalue weighted by Crippen LogP contribution is -2.37. The first-order chi connectivity index (χ1) is 8.80. The zero-order chi connectivity index (χ0) is 14.2. The van der Waals surface area contributed by atoms with E-state index in [4.69, 9.17) is 4.74 Å². The van der Waals surface area contributed by atoms with E-state index in [9.17, 15) is 14.3 Å².